The molecule has 3 aromatic rings. The van der Waals surface area contributed by atoms with Crippen LogP contribution in [-0.2, 0) is 0 Å². The first-order chi connectivity index (χ1) is 8.68. The lowest BCUT2D eigenvalue weighted by Crippen LogP contribution is -2.01. The first kappa shape index (κ1) is 11.6. The molecule has 0 bridgehead atoms. The van der Waals surface area contributed by atoms with Crippen LogP contribution < -0.4 is 5.73 Å². The maximum absolute atomic E-state index is 6.11. The number of benzene rings is 2. The minimum Gasteiger partial charge on any atom is -0.369 e. The number of fused-ring (bicyclic) bond motifs is 1. The zero-order valence-electron chi connectivity index (χ0n) is 9.27. The molecule has 0 atom stereocenters. The first-order valence-corrected chi connectivity index (χ1v) is 6.53. The fourth-order valence-electron chi connectivity index (χ4n) is 1.96. The standard InChI is InChI=1S/C13H9BrClN3/c14-12-8(15)4-3-7-11(12)18-10-6-2-1-5-9(10)17-13(18)16/h1-7H,(H2,16,17). The fraction of sp³-hybridized carbons (Fsp3) is 0. The number of nitrogens with two attached hydrogens (primary N) is 1. The lowest BCUT2D eigenvalue weighted by Gasteiger charge is -2.09. The lowest BCUT2D eigenvalue weighted by molar-refractivity contribution is 1.10. The third kappa shape index (κ3) is 1.69. The molecule has 0 saturated carbocycles. The molecule has 0 amide bonds. The third-order valence-electron chi connectivity index (χ3n) is 2.76. The average Bonchev–Trinajstić information content (AvgIpc) is 2.69. The maximum atomic E-state index is 6.11. The van der Waals surface area contributed by atoms with Gasteiger partial charge in [0.15, 0.2) is 0 Å². The summed E-state index contributed by atoms with van der Waals surface area (Å²) >= 11 is 9.60. The van der Waals surface area contributed by atoms with E-state index in [4.69, 9.17) is 17.3 Å². The number of imidazole rings is 1. The molecule has 2 N–H and O–H groups in total. The van der Waals surface area contributed by atoms with Gasteiger partial charge < -0.3 is 5.73 Å². The van der Waals surface area contributed by atoms with Crippen molar-refractivity contribution in [1.29, 1.82) is 0 Å². The van der Waals surface area contributed by atoms with Crippen molar-refractivity contribution >= 4 is 44.5 Å². The van der Waals surface area contributed by atoms with Gasteiger partial charge in [0.2, 0.25) is 5.95 Å². The average molecular weight is 323 g/mol. The van der Waals surface area contributed by atoms with Gasteiger partial charge in [0.05, 0.1) is 26.2 Å². The Labute approximate surface area is 117 Å². The zero-order valence-corrected chi connectivity index (χ0v) is 11.6. The highest BCUT2D eigenvalue weighted by atomic mass is 79.9. The first-order valence-electron chi connectivity index (χ1n) is 5.36. The van der Waals surface area contributed by atoms with E-state index in [1.54, 1.807) is 0 Å². The number of rotatable bonds is 1. The second-order valence-corrected chi connectivity index (χ2v) is 5.07. The molecule has 0 fully saturated rings. The number of aromatic nitrogens is 2. The fourth-order valence-corrected chi connectivity index (χ4v) is 2.57. The summed E-state index contributed by atoms with van der Waals surface area (Å²) in [6, 6.07) is 13.5. The van der Waals surface area contributed by atoms with E-state index in [1.807, 2.05) is 47.0 Å². The van der Waals surface area contributed by atoms with Gasteiger partial charge in [0.25, 0.3) is 0 Å². The minimum atomic E-state index is 0.444. The van der Waals surface area contributed by atoms with Crippen molar-refractivity contribution in [3.63, 3.8) is 0 Å². The van der Waals surface area contributed by atoms with Crippen LogP contribution in [0.1, 0.15) is 0 Å². The van der Waals surface area contributed by atoms with E-state index < -0.39 is 0 Å². The number of anilines is 1. The normalized spacial score (nSPS) is 11.0. The van der Waals surface area contributed by atoms with Crippen LogP contribution in [0.25, 0.3) is 16.7 Å². The Morgan fingerprint density at radius 2 is 1.89 bits per heavy atom. The Morgan fingerprint density at radius 1 is 1.11 bits per heavy atom. The summed E-state index contributed by atoms with van der Waals surface area (Å²) in [5.74, 6) is 0.444. The molecule has 0 aliphatic carbocycles. The predicted molar refractivity (Wildman–Crippen MR) is 78.2 cm³/mol. The molecule has 18 heavy (non-hydrogen) atoms. The molecule has 90 valence electrons. The summed E-state index contributed by atoms with van der Waals surface area (Å²) in [5.41, 5.74) is 8.69. The second-order valence-electron chi connectivity index (χ2n) is 3.87. The minimum absolute atomic E-state index is 0.444. The zero-order chi connectivity index (χ0) is 12.7. The monoisotopic (exact) mass is 321 g/mol. The summed E-state index contributed by atoms with van der Waals surface area (Å²) in [6.07, 6.45) is 0. The number of hydrogen-bond donors (Lipinski definition) is 1. The van der Waals surface area contributed by atoms with Gasteiger partial charge in [-0.05, 0) is 40.2 Å². The molecular weight excluding hydrogens is 314 g/mol. The van der Waals surface area contributed by atoms with Crippen molar-refractivity contribution < 1.29 is 0 Å². The Bertz CT molecular complexity index is 736. The molecule has 3 rings (SSSR count). The number of hydrogen-bond acceptors (Lipinski definition) is 2. The van der Waals surface area contributed by atoms with E-state index in [9.17, 15) is 0 Å². The van der Waals surface area contributed by atoms with E-state index in [2.05, 4.69) is 20.9 Å². The molecule has 1 heterocycles. The van der Waals surface area contributed by atoms with Crippen LogP contribution >= 0.6 is 27.5 Å². The number of halogens is 2. The Morgan fingerprint density at radius 3 is 2.72 bits per heavy atom. The largest absolute Gasteiger partial charge is 0.369 e. The van der Waals surface area contributed by atoms with E-state index in [0.717, 1.165) is 21.2 Å². The van der Waals surface area contributed by atoms with E-state index >= 15 is 0 Å². The van der Waals surface area contributed by atoms with Gasteiger partial charge in [0.1, 0.15) is 0 Å². The van der Waals surface area contributed by atoms with Gasteiger partial charge in [-0.25, -0.2) is 4.98 Å². The number of nitrogen functional groups attached to an aromatic ring is 1. The molecule has 0 unspecified atom stereocenters. The van der Waals surface area contributed by atoms with Crippen molar-refractivity contribution in [2.45, 2.75) is 0 Å². The maximum Gasteiger partial charge on any atom is 0.205 e. The summed E-state index contributed by atoms with van der Waals surface area (Å²) in [6.45, 7) is 0. The molecule has 0 aliphatic heterocycles. The highest BCUT2D eigenvalue weighted by molar-refractivity contribution is 9.10. The highest BCUT2D eigenvalue weighted by Gasteiger charge is 2.13. The van der Waals surface area contributed by atoms with E-state index in [1.165, 1.54) is 0 Å². The van der Waals surface area contributed by atoms with Gasteiger partial charge in [-0.1, -0.05) is 29.8 Å². The van der Waals surface area contributed by atoms with Crippen LogP contribution in [-0.4, -0.2) is 9.55 Å². The Balaban J connectivity index is 2.38. The summed E-state index contributed by atoms with van der Waals surface area (Å²) < 4.78 is 2.69. The smallest absolute Gasteiger partial charge is 0.205 e. The molecule has 0 radical (unpaired) electrons. The van der Waals surface area contributed by atoms with Crippen molar-refractivity contribution in [3.05, 3.63) is 52.0 Å². The SMILES string of the molecule is Nc1nc2ccccc2n1-c1cccc(Cl)c1Br. The molecular formula is C13H9BrClN3. The third-order valence-corrected chi connectivity index (χ3v) is 4.14. The van der Waals surface area contributed by atoms with Crippen LogP contribution in [0.5, 0.6) is 0 Å². The highest BCUT2D eigenvalue weighted by Crippen LogP contribution is 2.32. The van der Waals surface area contributed by atoms with Crippen molar-refractivity contribution in [2.24, 2.45) is 0 Å². The van der Waals surface area contributed by atoms with Gasteiger partial charge in [-0.15, -0.1) is 0 Å². The summed E-state index contributed by atoms with van der Waals surface area (Å²) in [4.78, 5) is 4.34. The van der Waals surface area contributed by atoms with Gasteiger partial charge in [0, 0.05) is 0 Å². The lowest BCUT2D eigenvalue weighted by atomic mass is 10.3. The van der Waals surface area contributed by atoms with Crippen molar-refractivity contribution in [1.82, 2.24) is 9.55 Å². The van der Waals surface area contributed by atoms with Crippen LogP contribution in [0.4, 0.5) is 5.95 Å². The van der Waals surface area contributed by atoms with Crippen LogP contribution in [0, 0.1) is 0 Å². The second kappa shape index (κ2) is 4.30. The molecule has 0 spiro atoms. The van der Waals surface area contributed by atoms with Crippen molar-refractivity contribution in [3.8, 4) is 5.69 Å². The molecule has 0 saturated heterocycles. The van der Waals surface area contributed by atoms with E-state index in [-0.39, 0.29) is 0 Å². The Kier molecular flexibility index (Phi) is 2.76. The summed E-state index contributed by atoms with van der Waals surface area (Å²) in [5, 5.41) is 0.643. The molecule has 3 nitrogen and oxygen atoms in total. The molecule has 2 aromatic carbocycles. The van der Waals surface area contributed by atoms with Crippen LogP contribution in [0.15, 0.2) is 46.9 Å². The summed E-state index contributed by atoms with van der Waals surface area (Å²) in [7, 11) is 0. The number of nitrogens with zero attached hydrogens (tertiary/aromatic N) is 2. The van der Waals surface area contributed by atoms with Gasteiger partial charge in [-0.2, -0.15) is 0 Å². The van der Waals surface area contributed by atoms with Crippen LogP contribution in [0.3, 0.4) is 0 Å². The quantitative estimate of drug-likeness (QED) is 0.735. The predicted octanol–water partition coefficient (Wildman–Crippen LogP) is 4.02. The van der Waals surface area contributed by atoms with Crippen molar-refractivity contribution in [2.75, 3.05) is 5.73 Å². The molecule has 0 aliphatic rings. The van der Waals surface area contributed by atoms with Gasteiger partial charge >= 0.3 is 0 Å². The van der Waals surface area contributed by atoms with E-state index in [0.29, 0.717) is 11.0 Å². The molecule has 5 heteroatoms. The Hall–Kier alpha value is -1.52. The number of para-hydroxylation sites is 2. The topological polar surface area (TPSA) is 43.8 Å². The van der Waals surface area contributed by atoms with Crippen LogP contribution in [0.2, 0.25) is 5.02 Å². The van der Waals surface area contributed by atoms with Gasteiger partial charge in [-0.3, -0.25) is 4.57 Å². The molecule has 1 aromatic heterocycles.